The summed E-state index contributed by atoms with van der Waals surface area (Å²) in [5.41, 5.74) is 0.813. The van der Waals surface area contributed by atoms with Gasteiger partial charge in [-0.15, -0.1) is 11.3 Å². The van der Waals surface area contributed by atoms with Gasteiger partial charge in [0.05, 0.1) is 25.7 Å². The van der Waals surface area contributed by atoms with Gasteiger partial charge in [-0.1, -0.05) is 18.2 Å². The van der Waals surface area contributed by atoms with Crippen LogP contribution in [-0.2, 0) is 16.0 Å². The highest BCUT2D eigenvalue weighted by molar-refractivity contribution is 7.10. The maximum atomic E-state index is 12.9. The average molecular weight is 348 g/mol. The van der Waals surface area contributed by atoms with Crippen LogP contribution in [0.5, 0.6) is 0 Å². The molecule has 1 aliphatic heterocycles. The summed E-state index contributed by atoms with van der Waals surface area (Å²) in [6.07, 6.45) is 0.264. The minimum Gasteiger partial charge on any atom is -0.379 e. The topological polar surface area (TPSA) is 41.6 Å². The van der Waals surface area contributed by atoms with Gasteiger partial charge in [0.15, 0.2) is 0 Å². The summed E-state index contributed by atoms with van der Waals surface area (Å²) in [5, 5.41) is 5.08. The van der Waals surface area contributed by atoms with Gasteiger partial charge in [-0.05, 0) is 29.1 Å². The molecule has 1 unspecified atom stereocenters. The zero-order valence-electron chi connectivity index (χ0n) is 13.4. The molecule has 0 bridgehead atoms. The first-order valence-electron chi connectivity index (χ1n) is 8.09. The van der Waals surface area contributed by atoms with Crippen molar-refractivity contribution in [3.05, 3.63) is 58.0 Å². The Hall–Kier alpha value is -1.76. The van der Waals surface area contributed by atoms with Crippen molar-refractivity contribution in [3.63, 3.8) is 0 Å². The van der Waals surface area contributed by atoms with Gasteiger partial charge >= 0.3 is 0 Å². The number of rotatable bonds is 6. The van der Waals surface area contributed by atoms with Crippen LogP contribution in [0.25, 0.3) is 0 Å². The summed E-state index contributed by atoms with van der Waals surface area (Å²) in [4.78, 5) is 15.8. The van der Waals surface area contributed by atoms with E-state index in [1.165, 1.54) is 17.0 Å². The third-order valence-electron chi connectivity index (χ3n) is 4.13. The molecule has 24 heavy (non-hydrogen) atoms. The number of amides is 1. The van der Waals surface area contributed by atoms with Crippen LogP contribution >= 0.6 is 11.3 Å². The average Bonchev–Trinajstić information content (AvgIpc) is 3.12. The van der Waals surface area contributed by atoms with Crippen LogP contribution in [0.2, 0.25) is 0 Å². The van der Waals surface area contributed by atoms with Crippen molar-refractivity contribution in [1.82, 2.24) is 10.2 Å². The third kappa shape index (κ3) is 4.63. The number of carbonyl (C=O) groups excluding carboxylic acids is 1. The molecule has 0 aliphatic carbocycles. The van der Waals surface area contributed by atoms with E-state index in [2.05, 4.69) is 21.7 Å². The summed E-state index contributed by atoms with van der Waals surface area (Å²) >= 11 is 1.71. The van der Waals surface area contributed by atoms with Crippen molar-refractivity contribution < 1.29 is 13.9 Å². The highest BCUT2D eigenvalue weighted by Crippen LogP contribution is 2.25. The first-order valence-corrected chi connectivity index (χ1v) is 8.96. The molecular weight excluding hydrogens is 327 g/mol. The molecule has 2 heterocycles. The molecule has 0 spiro atoms. The summed E-state index contributed by atoms with van der Waals surface area (Å²) < 4.78 is 18.4. The van der Waals surface area contributed by atoms with E-state index in [0.717, 1.165) is 31.9 Å². The monoisotopic (exact) mass is 348 g/mol. The molecule has 1 saturated heterocycles. The molecule has 1 fully saturated rings. The van der Waals surface area contributed by atoms with E-state index >= 15 is 0 Å². The molecule has 1 aliphatic rings. The fourth-order valence-electron chi connectivity index (χ4n) is 2.84. The molecule has 6 heteroatoms. The Kier molecular flexibility index (Phi) is 5.96. The molecule has 0 radical (unpaired) electrons. The van der Waals surface area contributed by atoms with Gasteiger partial charge in [-0.3, -0.25) is 9.69 Å². The predicted molar refractivity (Wildman–Crippen MR) is 92.6 cm³/mol. The SMILES string of the molecule is O=C(Cc1ccc(F)cc1)NCC(c1cccs1)N1CCOCC1. The normalized spacial score (nSPS) is 16.7. The van der Waals surface area contributed by atoms with Gasteiger partial charge < -0.3 is 10.1 Å². The lowest BCUT2D eigenvalue weighted by molar-refractivity contribution is -0.120. The number of nitrogens with zero attached hydrogens (tertiary/aromatic N) is 1. The van der Waals surface area contributed by atoms with Crippen molar-refractivity contribution in [2.24, 2.45) is 0 Å². The molecule has 1 aromatic heterocycles. The second kappa shape index (κ2) is 8.37. The number of hydrogen-bond donors (Lipinski definition) is 1. The Bertz CT molecular complexity index is 640. The molecule has 4 nitrogen and oxygen atoms in total. The van der Waals surface area contributed by atoms with E-state index in [1.807, 2.05) is 6.07 Å². The fourth-order valence-corrected chi connectivity index (χ4v) is 3.70. The summed E-state index contributed by atoms with van der Waals surface area (Å²) in [5.74, 6) is -0.333. The maximum absolute atomic E-state index is 12.9. The molecule has 1 atom stereocenters. The molecule has 1 amide bonds. The number of hydrogen-bond acceptors (Lipinski definition) is 4. The lowest BCUT2D eigenvalue weighted by Gasteiger charge is -2.34. The molecule has 3 rings (SSSR count). The van der Waals surface area contributed by atoms with Crippen LogP contribution in [0.1, 0.15) is 16.5 Å². The van der Waals surface area contributed by atoms with E-state index in [-0.39, 0.29) is 24.2 Å². The van der Waals surface area contributed by atoms with E-state index in [4.69, 9.17) is 4.74 Å². The van der Waals surface area contributed by atoms with Crippen LogP contribution in [0.4, 0.5) is 4.39 Å². The number of carbonyl (C=O) groups is 1. The zero-order chi connectivity index (χ0) is 16.8. The lowest BCUT2D eigenvalue weighted by Crippen LogP contribution is -2.43. The Morgan fingerprint density at radius 2 is 2.00 bits per heavy atom. The van der Waals surface area contributed by atoms with E-state index in [0.29, 0.717) is 6.54 Å². The smallest absolute Gasteiger partial charge is 0.224 e. The summed E-state index contributed by atoms with van der Waals surface area (Å²) in [7, 11) is 0. The Morgan fingerprint density at radius 1 is 1.25 bits per heavy atom. The molecular formula is C18H21FN2O2S. The number of thiophene rings is 1. The van der Waals surface area contributed by atoms with Crippen LogP contribution in [0.15, 0.2) is 41.8 Å². The maximum Gasteiger partial charge on any atom is 0.224 e. The standard InChI is InChI=1S/C18H21FN2O2S/c19-15-5-3-14(4-6-15)12-18(22)20-13-16(17-2-1-11-24-17)21-7-9-23-10-8-21/h1-6,11,16H,7-10,12-13H2,(H,20,22). The highest BCUT2D eigenvalue weighted by Gasteiger charge is 2.23. The van der Waals surface area contributed by atoms with E-state index < -0.39 is 0 Å². The van der Waals surface area contributed by atoms with Crippen molar-refractivity contribution >= 4 is 17.2 Å². The quantitative estimate of drug-likeness (QED) is 0.873. The molecule has 1 aromatic carbocycles. The minimum absolute atomic E-state index is 0.0450. The van der Waals surface area contributed by atoms with Crippen LogP contribution in [-0.4, -0.2) is 43.7 Å². The molecule has 128 valence electrons. The number of morpholine rings is 1. The van der Waals surface area contributed by atoms with E-state index in [9.17, 15) is 9.18 Å². The van der Waals surface area contributed by atoms with Crippen LogP contribution in [0, 0.1) is 5.82 Å². The minimum atomic E-state index is -0.288. The van der Waals surface area contributed by atoms with Gasteiger partial charge in [-0.25, -0.2) is 4.39 Å². The van der Waals surface area contributed by atoms with Crippen molar-refractivity contribution in [2.45, 2.75) is 12.5 Å². The third-order valence-corrected chi connectivity index (χ3v) is 5.10. The fraction of sp³-hybridized carbons (Fsp3) is 0.389. The van der Waals surface area contributed by atoms with Gasteiger partial charge in [0, 0.05) is 24.5 Å². The van der Waals surface area contributed by atoms with E-state index in [1.54, 1.807) is 23.5 Å². The second-order valence-corrected chi connectivity index (χ2v) is 6.77. The van der Waals surface area contributed by atoms with Gasteiger partial charge in [0.25, 0.3) is 0 Å². The second-order valence-electron chi connectivity index (χ2n) is 5.79. The first kappa shape index (κ1) is 17.1. The Labute approximate surface area is 145 Å². The summed E-state index contributed by atoms with van der Waals surface area (Å²) in [6, 6.07) is 10.4. The van der Waals surface area contributed by atoms with Crippen molar-refractivity contribution in [1.29, 1.82) is 0 Å². The lowest BCUT2D eigenvalue weighted by atomic mass is 10.1. The first-order chi connectivity index (χ1) is 11.7. The van der Waals surface area contributed by atoms with Crippen LogP contribution < -0.4 is 5.32 Å². The summed E-state index contributed by atoms with van der Waals surface area (Å²) in [6.45, 7) is 3.77. The highest BCUT2D eigenvalue weighted by atomic mass is 32.1. The Balaban J connectivity index is 1.58. The molecule has 1 N–H and O–H groups in total. The van der Waals surface area contributed by atoms with Gasteiger partial charge in [-0.2, -0.15) is 0 Å². The van der Waals surface area contributed by atoms with Crippen LogP contribution in [0.3, 0.4) is 0 Å². The molecule has 0 saturated carbocycles. The van der Waals surface area contributed by atoms with Crippen molar-refractivity contribution in [3.8, 4) is 0 Å². The molecule has 2 aromatic rings. The predicted octanol–water partition coefficient (Wildman–Crippen LogP) is 2.62. The number of ether oxygens (including phenoxy) is 1. The zero-order valence-corrected chi connectivity index (χ0v) is 14.2. The van der Waals surface area contributed by atoms with Crippen molar-refractivity contribution in [2.75, 3.05) is 32.8 Å². The number of benzene rings is 1. The van der Waals surface area contributed by atoms with Gasteiger partial charge in [0.1, 0.15) is 5.82 Å². The number of nitrogens with one attached hydrogen (secondary N) is 1. The largest absolute Gasteiger partial charge is 0.379 e. The van der Waals surface area contributed by atoms with Gasteiger partial charge in [0.2, 0.25) is 5.91 Å². The Morgan fingerprint density at radius 3 is 2.67 bits per heavy atom. The number of halogens is 1.